The van der Waals surface area contributed by atoms with E-state index in [0.717, 1.165) is 11.1 Å². The monoisotopic (exact) mass is 492 g/mol. The van der Waals surface area contributed by atoms with E-state index >= 15 is 0 Å². The SMILES string of the molecule is C.C.CCOOCC(=C=C(OOCC)[C@H](C)c1ccccc1)OOCC.C[C@H](O)c1ccccc1. The summed E-state index contributed by atoms with van der Waals surface area (Å²) in [5, 5.41) is 9.02. The average Bonchev–Trinajstić information content (AvgIpc) is 2.85. The van der Waals surface area contributed by atoms with Gasteiger partial charge in [-0.25, -0.2) is 9.78 Å². The number of hydrogen-bond acceptors (Lipinski definition) is 7. The van der Waals surface area contributed by atoms with Crippen molar-refractivity contribution >= 4 is 0 Å². The van der Waals surface area contributed by atoms with Gasteiger partial charge in [0.15, 0.2) is 12.4 Å². The van der Waals surface area contributed by atoms with Crippen molar-refractivity contribution in [3.8, 4) is 0 Å². The minimum atomic E-state index is -0.341. The van der Waals surface area contributed by atoms with E-state index in [4.69, 9.17) is 34.4 Å². The minimum absolute atomic E-state index is 0. The summed E-state index contributed by atoms with van der Waals surface area (Å²) in [4.78, 5) is 30.5. The van der Waals surface area contributed by atoms with Crippen molar-refractivity contribution in [2.24, 2.45) is 0 Å². The predicted octanol–water partition coefficient (Wildman–Crippen LogP) is 7.07. The molecule has 0 aliphatic rings. The van der Waals surface area contributed by atoms with Crippen LogP contribution in [0.1, 0.15) is 72.6 Å². The van der Waals surface area contributed by atoms with Crippen LogP contribution in [0, 0.1) is 0 Å². The van der Waals surface area contributed by atoms with Crippen molar-refractivity contribution < 1.29 is 34.4 Å². The Morgan fingerprint density at radius 3 is 1.66 bits per heavy atom. The highest BCUT2D eigenvalue weighted by atomic mass is 17.2. The number of aliphatic hydroxyl groups excluding tert-OH is 1. The topological polar surface area (TPSA) is 75.6 Å². The van der Waals surface area contributed by atoms with Crippen molar-refractivity contribution in [3.05, 3.63) is 89.0 Å². The molecule has 198 valence electrons. The molecule has 0 amide bonds. The van der Waals surface area contributed by atoms with Gasteiger partial charge in [0.1, 0.15) is 0 Å². The molecule has 0 fully saturated rings. The van der Waals surface area contributed by atoms with Crippen molar-refractivity contribution in [1.29, 1.82) is 0 Å². The van der Waals surface area contributed by atoms with Crippen LogP contribution in [-0.2, 0) is 29.3 Å². The summed E-state index contributed by atoms with van der Waals surface area (Å²) < 4.78 is 0. The Morgan fingerprint density at radius 1 is 0.714 bits per heavy atom. The zero-order valence-electron chi connectivity index (χ0n) is 20.2. The molecule has 2 aromatic carbocycles. The van der Waals surface area contributed by atoms with Gasteiger partial charge in [-0.05, 0) is 44.6 Å². The first-order valence-corrected chi connectivity index (χ1v) is 11.1. The van der Waals surface area contributed by atoms with Crippen LogP contribution < -0.4 is 0 Å². The third-order valence-electron chi connectivity index (χ3n) is 4.17. The van der Waals surface area contributed by atoms with E-state index < -0.39 is 0 Å². The van der Waals surface area contributed by atoms with Gasteiger partial charge in [0.05, 0.1) is 31.8 Å². The van der Waals surface area contributed by atoms with Gasteiger partial charge in [0.2, 0.25) is 5.76 Å². The van der Waals surface area contributed by atoms with Crippen molar-refractivity contribution in [1.82, 2.24) is 0 Å². The van der Waals surface area contributed by atoms with Crippen LogP contribution in [0.5, 0.6) is 0 Å². The van der Waals surface area contributed by atoms with Gasteiger partial charge in [-0.3, -0.25) is 0 Å². The maximum Gasteiger partial charge on any atom is 0.216 e. The molecule has 0 aliphatic carbocycles. The van der Waals surface area contributed by atoms with E-state index in [1.165, 1.54) is 0 Å². The van der Waals surface area contributed by atoms with Gasteiger partial charge in [-0.1, -0.05) is 82.4 Å². The van der Waals surface area contributed by atoms with E-state index in [-0.39, 0.29) is 33.5 Å². The normalized spacial score (nSPS) is 11.3. The molecule has 0 heterocycles. The fraction of sp³-hybridized carbons (Fsp3) is 0.464. The summed E-state index contributed by atoms with van der Waals surface area (Å²) in [6.07, 6.45) is -0.341. The quantitative estimate of drug-likeness (QED) is 0.105. The van der Waals surface area contributed by atoms with E-state index in [1.54, 1.807) is 6.92 Å². The molecule has 0 spiro atoms. The number of rotatable bonds is 13. The first-order valence-electron chi connectivity index (χ1n) is 11.1. The minimum Gasteiger partial charge on any atom is -0.389 e. The summed E-state index contributed by atoms with van der Waals surface area (Å²) in [6, 6.07) is 19.5. The highest BCUT2D eigenvalue weighted by molar-refractivity contribution is 5.25. The largest absolute Gasteiger partial charge is 0.389 e. The molecule has 1 N–H and O–H groups in total. The third-order valence-corrected chi connectivity index (χ3v) is 4.17. The van der Waals surface area contributed by atoms with Crippen LogP contribution >= 0.6 is 0 Å². The molecule has 0 aromatic heterocycles. The fourth-order valence-electron chi connectivity index (χ4n) is 2.48. The second-order valence-electron chi connectivity index (χ2n) is 6.78. The molecule has 0 bridgehead atoms. The van der Waals surface area contributed by atoms with Crippen LogP contribution in [0.4, 0.5) is 0 Å². The Balaban J connectivity index is 0. The predicted molar refractivity (Wildman–Crippen MR) is 139 cm³/mol. The molecule has 0 aliphatic heterocycles. The standard InChI is InChI=1S/C18H26O6.C8H10O.2CH4/c1-5-19-22-14-17(23-20-6-2)13-18(24-21-7-3)15(4)16-11-9-8-10-12-16;1-7(9)8-5-3-2-4-6-8;;/h8-12,15H,5-7,14H2,1-4H3;2-7,9H,1H3;2*1H4/t13?,15-;7-;;/m10../s1. The summed E-state index contributed by atoms with van der Waals surface area (Å²) in [7, 11) is 0. The lowest BCUT2D eigenvalue weighted by Gasteiger charge is -2.14. The van der Waals surface area contributed by atoms with E-state index in [9.17, 15) is 0 Å². The van der Waals surface area contributed by atoms with E-state index in [2.05, 4.69) is 5.73 Å². The molecule has 35 heavy (non-hydrogen) atoms. The zero-order valence-corrected chi connectivity index (χ0v) is 20.2. The van der Waals surface area contributed by atoms with Crippen molar-refractivity contribution in [2.75, 3.05) is 26.4 Å². The average molecular weight is 493 g/mol. The Morgan fingerprint density at radius 2 is 1.20 bits per heavy atom. The maximum absolute atomic E-state index is 9.02. The lowest BCUT2D eigenvalue weighted by atomic mass is 9.99. The van der Waals surface area contributed by atoms with Crippen molar-refractivity contribution in [3.63, 3.8) is 0 Å². The number of benzene rings is 2. The molecule has 2 atom stereocenters. The van der Waals surface area contributed by atoms with Crippen LogP contribution in [0.2, 0.25) is 0 Å². The van der Waals surface area contributed by atoms with Crippen LogP contribution in [0.15, 0.2) is 77.9 Å². The lowest BCUT2D eigenvalue weighted by molar-refractivity contribution is -0.314. The Labute approximate surface area is 211 Å². The highest BCUT2D eigenvalue weighted by Gasteiger charge is 2.15. The number of hydrogen-bond donors (Lipinski definition) is 1. The lowest BCUT2D eigenvalue weighted by Crippen LogP contribution is -2.07. The third kappa shape index (κ3) is 15.1. The molecular formula is C28H44O7. The van der Waals surface area contributed by atoms with E-state index in [0.29, 0.717) is 31.3 Å². The molecule has 7 nitrogen and oxygen atoms in total. The van der Waals surface area contributed by atoms with Crippen LogP contribution in [0.3, 0.4) is 0 Å². The van der Waals surface area contributed by atoms with Crippen LogP contribution in [0.25, 0.3) is 0 Å². The smallest absolute Gasteiger partial charge is 0.216 e. The zero-order chi connectivity index (χ0) is 24.3. The molecular weight excluding hydrogens is 448 g/mol. The van der Waals surface area contributed by atoms with Gasteiger partial charge < -0.3 is 14.9 Å². The Hall–Kier alpha value is -2.64. The fourth-order valence-corrected chi connectivity index (χ4v) is 2.48. The van der Waals surface area contributed by atoms with Gasteiger partial charge in [-0.15, -0.1) is 0 Å². The first kappa shape index (κ1) is 34.5. The molecule has 0 unspecified atom stereocenters. The Bertz CT molecular complexity index is 801. The summed E-state index contributed by atoms with van der Waals surface area (Å²) in [6.45, 7) is 10.5. The number of aliphatic hydroxyl groups is 1. The molecule has 2 rings (SSSR count). The second kappa shape index (κ2) is 21.9. The highest BCUT2D eigenvalue weighted by Crippen LogP contribution is 2.24. The molecule has 7 heteroatoms. The van der Waals surface area contributed by atoms with Gasteiger partial charge in [0.25, 0.3) is 0 Å². The second-order valence-corrected chi connectivity index (χ2v) is 6.78. The molecule has 0 saturated carbocycles. The molecule has 0 radical (unpaired) electrons. The van der Waals surface area contributed by atoms with Gasteiger partial charge >= 0.3 is 0 Å². The maximum atomic E-state index is 9.02. The summed E-state index contributed by atoms with van der Waals surface area (Å²) in [5.41, 5.74) is 5.04. The Kier molecular flexibility index (Phi) is 21.6. The van der Waals surface area contributed by atoms with E-state index in [1.807, 2.05) is 88.4 Å². The van der Waals surface area contributed by atoms with Crippen LogP contribution in [-0.4, -0.2) is 31.5 Å². The van der Waals surface area contributed by atoms with Gasteiger partial charge in [0, 0.05) is 0 Å². The summed E-state index contributed by atoms with van der Waals surface area (Å²) >= 11 is 0. The molecule has 0 saturated heterocycles. The van der Waals surface area contributed by atoms with Crippen molar-refractivity contribution in [2.45, 2.75) is 61.5 Å². The first-order chi connectivity index (χ1) is 16.0. The van der Waals surface area contributed by atoms with Gasteiger partial charge in [-0.2, -0.15) is 9.78 Å². The summed E-state index contributed by atoms with van der Waals surface area (Å²) in [5.74, 6) is 0.658. The molecule has 2 aromatic rings.